The molecule has 0 radical (unpaired) electrons. The molecule has 5 aromatic rings. The molecule has 0 saturated carbocycles. The number of aromatic nitrogens is 1. The van der Waals surface area contributed by atoms with E-state index in [-0.39, 0.29) is 10.8 Å². The number of hydrogen-bond acceptors (Lipinski definition) is 5. The number of carbonyl (C=O) groups is 1. The normalized spacial score (nSPS) is 13.8. The van der Waals surface area contributed by atoms with E-state index >= 15 is 0 Å². The number of hydrogen-bond donors (Lipinski definition) is 0. The number of sulfonamides is 1. The van der Waals surface area contributed by atoms with Gasteiger partial charge in [-0.25, -0.2) is 13.4 Å². The molecule has 0 unspecified atom stereocenters. The van der Waals surface area contributed by atoms with Crippen LogP contribution in [-0.4, -0.2) is 30.2 Å². The Labute approximate surface area is 236 Å². The van der Waals surface area contributed by atoms with Crippen LogP contribution in [0, 0.1) is 0 Å². The summed E-state index contributed by atoms with van der Waals surface area (Å²) in [5.74, 6) is -0.264. The van der Waals surface area contributed by atoms with Crippen molar-refractivity contribution in [3.8, 4) is 0 Å². The van der Waals surface area contributed by atoms with Crippen molar-refractivity contribution in [3.63, 3.8) is 0 Å². The van der Waals surface area contributed by atoms with Crippen LogP contribution in [-0.2, 0) is 29.5 Å². The van der Waals surface area contributed by atoms with E-state index in [2.05, 4.69) is 0 Å². The fraction of sp³-hybridized carbons (Fsp3) is 0.133. The number of carbonyl (C=O) groups excluding carboxylic acids is 1. The molecule has 2 heterocycles. The first-order valence-electron chi connectivity index (χ1n) is 12.5. The number of halogens is 1. The predicted molar refractivity (Wildman–Crippen MR) is 156 cm³/mol. The molecule has 1 aromatic heterocycles. The third-order valence-corrected chi connectivity index (χ3v) is 9.97. The molecule has 9 heteroatoms. The van der Waals surface area contributed by atoms with Crippen LogP contribution in [0.3, 0.4) is 0 Å². The Morgan fingerprint density at radius 3 is 2.41 bits per heavy atom. The first-order chi connectivity index (χ1) is 18.9. The summed E-state index contributed by atoms with van der Waals surface area (Å²) in [6, 6.07) is 29.2. The third-order valence-electron chi connectivity index (χ3n) is 6.83. The van der Waals surface area contributed by atoms with Crippen LogP contribution in [0.1, 0.15) is 27.0 Å². The quantitative estimate of drug-likeness (QED) is 0.231. The fourth-order valence-electron chi connectivity index (χ4n) is 4.74. The number of fused-ring (bicyclic) bond motifs is 2. The van der Waals surface area contributed by atoms with Crippen molar-refractivity contribution in [1.82, 2.24) is 9.29 Å². The van der Waals surface area contributed by atoms with Crippen LogP contribution in [0.4, 0.5) is 5.13 Å². The predicted octanol–water partition coefficient (Wildman–Crippen LogP) is 6.54. The number of rotatable bonds is 6. The zero-order chi connectivity index (χ0) is 27.0. The van der Waals surface area contributed by atoms with Gasteiger partial charge in [-0.3, -0.25) is 9.69 Å². The van der Waals surface area contributed by atoms with E-state index in [9.17, 15) is 13.2 Å². The Hall–Kier alpha value is -3.56. The lowest BCUT2D eigenvalue weighted by atomic mass is 10.0. The molecule has 4 aromatic carbocycles. The fourth-order valence-corrected chi connectivity index (χ4v) is 7.40. The molecule has 0 bridgehead atoms. The van der Waals surface area contributed by atoms with Crippen LogP contribution in [0.25, 0.3) is 10.2 Å². The van der Waals surface area contributed by atoms with E-state index < -0.39 is 10.0 Å². The smallest absolute Gasteiger partial charge is 0.260 e. The summed E-state index contributed by atoms with van der Waals surface area (Å²) in [6.07, 6.45) is 0.674. The van der Waals surface area contributed by atoms with Gasteiger partial charge in [0.15, 0.2) is 5.13 Å². The van der Waals surface area contributed by atoms with E-state index in [4.69, 9.17) is 16.6 Å². The summed E-state index contributed by atoms with van der Waals surface area (Å²) >= 11 is 7.56. The van der Waals surface area contributed by atoms with Crippen LogP contribution in [0.5, 0.6) is 0 Å². The highest BCUT2D eigenvalue weighted by atomic mass is 35.5. The summed E-state index contributed by atoms with van der Waals surface area (Å²) in [7, 11) is -3.70. The van der Waals surface area contributed by atoms with Crippen LogP contribution >= 0.6 is 22.9 Å². The molecule has 0 aliphatic carbocycles. The van der Waals surface area contributed by atoms with Crippen molar-refractivity contribution in [2.45, 2.75) is 24.4 Å². The molecule has 6 rings (SSSR count). The largest absolute Gasteiger partial charge is 0.279 e. The van der Waals surface area contributed by atoms with Crippen molar-refractivity contribution in [2.75, 3.05) is 11.4 Å². The van der Waals surface area contributed by atoms with Gasteiger partial charge in [0.05, 0.1) is 21.7 Å². The van der Waals surface area contributed by atoms with E-state index in [0.717, 1.165) is 21.3 Å². The lowest BCUT2D eigenvalue weighted by Gasteiger charge is -2.28. The summed E-state index contributed by atoms with van der Waals surface area (Å²) in [6.45, 7) is 1.08. The molecule has 0 saturated heterocycles. The van der Waals surface area contributed by atoms with Gasteiger partial charge in [-0.2, -0.15) is 4.31 Å². The topological polar surface area (TPSA) is 70.6 Å². The minimum Gasteiger partial charge on any atom is -0.279 e. The van der Waals surface area contributed by atoms with E-state index in [1.165, 1.54) is 33.3 Å². The number of thiazole rings is 1. The zero-order valence-corrected chi connectivity index (χ0v) is 23.2. The van der Waals surface area contributed by atoms with Gasteiger partial charge in [0.25, 0.3) is 5.91 Å². The molecule has 196 valence electrons. The lowest BCUT2D eigenvalue weighted by Crippen LogP contribution is -2.36. The highest BCUT2D eigenvalue weighted by molar-refractivity contribution is 7.89. The molecule has 0 fully saturated rings. The molecule has 1 aliphatic heterocycles. The molecule has 0 atom stereocenters. The molecule has 6 nitrogen and oxygen atoms in total. The van der Waals surface area contributed by atoms with E-state index in [1.807, 2.05) is 66.7 Å². The number of benzene rings is 4. The highest BCUT2D eigenvalue weighted by Gasteiger charge is 2.29. The minimum absolute atomic E-state index is 0.169. The maximum atomic E-state index is 13.8. The van der Waals surface area contributed by atoms with Gasteiger partial charge < -0.3 is 0 Å². The second kappa shape index (κ2) is 10.5. The Kier molecular flexibility index (Phi) is 6.95. The van der Waals surface area contributed by atoms with Gasteiger partial charge in [-0.1, -0.05) is 77.5 Å². The molecule has 39 heavy (non-hydrogen) atoms. The summed E-state index contributed by atoms with van der Waals surface area (Å²) < 4.78 is 29.2. The second-order valence-electron chi connectivity index (χ2n) is 9.37. The number of anilines is 1. The van der Waals surface area contributed by atoms with Crippen molar-refractivity contribution >= 4 is 54.2 Å². The highest BCUT2D eigenvalue weighted by Crippen LogP contribution is 2.33. The van der Waals surface area contributed by atoms with Gasteiger partial charge in [-0.15, -0.1) is 0 Å². The maximum Gasteiger partial charge on any atom is 0.260 e. The Morgan fingerprint density at radius 2 is 1.64 bits per heavy atom. The standard InChI is InChI=1S/C30H24ClN3O3S2/c31-25-12-15-27-28(18-25)38-30(32-27)34(19-21-6-2-1-3-7-21)29(35)23-10-13-26(14-11-23)39(36,37)33-17-16-22-8-4-5-9-24(22)20-33/h1-15,18H,16-17,19-20H2. The van der Waals surface area contributed by atoms with Crippen LogP contribution in [0.2, 0.25) is 5.02 Å². The molecule has 0 N–H and O–H groups in total. The average molecular weight is 574 g/mol. The van der Waals surface area contributed by atoms with Crippen molar-refractivity contribution in [3.05, 3.63) is 124 Å². The summed E-state index contributed by atoms with van der Waals surface area (Å²) in [4.78, 5) is 20.3. The van der Waals surface area contributed by atoms with Gasteiger partial charge in [0.1, 0.15) is 0 Å². The van der Waals surface area contributed by atoms with Crippen molar-refractivity contribution in [1.29, 1.82) is 0 Å². The number of nitrogens with zero attached hydrogens (tertiary/aromatic N) is 3. The van der Waals surface area contributed by atoms with Gasteiger partial charge >= 0.3 is 0 Å². The minimum atomic E-state index is -3.70. The second-order valence-corrected chi connectivity index (χ2v) is 12.8. The first kappa shape index (κ1) is 25.7. The molecule has 0 spiro atoms. The summed E-state index contributed by atoms with van der Waals surface area (Å²) in [5.41, 5.74) is 4.29. The summed E-state index contributed by atoms with van der Waals surface area (Å²) in [5, 5.41) is 1.15. The Balaban J connectivity index is 1.29. The molecule has 1 amide bonds. The van der Waals surface area contributed by atoms with Gasteiger partial charge in [-0.05, 0) is 65.6 Å². The Morgan fingerprint density at radius 1 is 0.923 bits per heavy atom. The van der Waals surface area contributed by atoms with Crippen molar-refractivity contribution < 1.29 is 13.2 Å². The van der Waals surface area contributed by atoms with Crippen LogP contribution in [0.15, 0.2) is 102 Å². The van der Waals surface area contributed by atoms with Crippen molar-refractivity contribution in [2.24, 2.45) is 0 Å². The van der Waals surface area contributed by atoms with E-state index in [1.54, 1.807) is 23.1 Å². The van der Waals surface area contributed by atoms with Gasteiger partial charge in [0.2, 0.25) is 10.0 Å². The molecular formula is C30H24ClN3O3S2. The monoisotopic (exact) mass is 573 g/mol. The SMILES string of the molecule is O=C(c1ccc(S(=O)(=O)N2CCc3ccccc3C2)cc1)N(Cc1ccccc1)c1nc2ccc(Cl)cc2s1. The Bertz CT molecular complexity index is 1770. The molecular weight excluding hydrogens is 550 g/mol. The number of amides is 1. The first-order valence-corrected chi connectivity index (χ1v) is 15.1. The van der Waals surface area contributed by atoms with Crippen LogP contribution < -0.4 is 4.90 Å². The average Bonchev–Trinajstić information content (AvgIpc) is 3.39. The molecule has 1 aliphatic rings. The maximum absolute atomic E-state index is 13.8. The zero-order valence-electron chi connectivity index (χ0n) is 20.8. The van der Waals surface area contributed by atoms with E-state index in [0.29, 0.717) is 41.8 Å². The van der Waals surface area contributed by atoms with Gasteiger partial charge in [0, 0.05) is 23.7 Å². The third kappa shape index (κ3) is 5.21. The lowest BCUT2D eigenvalue weighted by molar-refractivity contribution is 0.0985.